The largest absolute Gasteiger partial charge is 0.341 e. The number of aryl methyl sites for hydroxylation is 1. The van der Waals surface area contributed by atoms with Crippen molar-refractivity contribution in [3.8, 4) is 0 Å². The molecule has 3 aromatic rings. The van der Waals surface area contributed by atoms with Gasteiger partial charge in [-0.1, -0.05) is 6.92 Å². The number of H-pyrrole nitrogens is 2. The predicted molar refractivity (Wildman–Crippen MR) is 77.0 cm³/mol. The molecule has 0 saturated carbocycles. The van der Waals surface area contributed by atoms with E-state index in [4.69, 9.17) is 0 Å². The molecule has 0 saturated heterocycles. The van der Waals surface area contributed by atoms with Crippen LogP contribution in [-0.2, 0) is 19.5 Å². The first-order valence-corrected chi connectivity index (χ1v) is 6.87. The molecular formula is C14H17FN6. The first-order chi connectivity index (χ1) is 10.1. The highest BCUT2D eigenvalue weighted by Crippen LogP contribution is 2.14. The second-order valence-corrected chi connectivity index (χ2v) is 5.07. The van der Waals surface area contributed by atoms with E-state index in [1.807, 2.05) is 14.0 Å². The van der Waals surface area contributed by atoms with E-state index in [1.54, 1.807) is 6.07 Å². The highest BCUT2D eigenvalue weighted by molar-refractivity contribution is 5.74. The van der Waals surface area contributed by atoms with Crippen LogP contribution in [0, 0.1) is 5.82 Å². The number of nitrogens with zero attached hydrogens (tertiary/aromatic N) is 4. The lowest BCUT2D eigenvalue weighted by Crippen LogP contribution is -2.18. The molecule has 0 bridgehead atoms. The van der Waals surface area contributed by atoms with Crippen LogP contribution >= 0.6 is 0 Å². The lowest BCUT2D eigenvalue weighted by molar-refractivity contribution is 0.304. The molecule has 0 spiro atoms. The summed E-state index contributed by atoms with van der Waals surface area (Å²) in [6.45, 7) is 3.29. The van der Waals surface area contributed by atoms with Gasteiger partial charge < -0.3 is 4.98 Å². The average Bonchev–Trinajstić information content (AvgIpc) is 3.04. The van der Waals surface area contributed by atoms with E-state index >= 15 is 0 Å². The average molecular weight is 288 g/mol. The summed E-state index contributed by atoms with van der Waals surface area (Å²) >= 11 is 0. The van der Waals surface area contributed by atoms with Crippen molar-refractivity contribution < 1.29 is 4.39 Å². The van der Waals surface area contributed by atoms with Gasteiger partial charge in [0.2, 0.25) is 0 Å². The van der Waals surface area contributed by atoms with Gasteiger partial charge in [-0.25, -0.2) is 14.4 Å². The fourth-order valence-corrected chi connectivity index (χ4v) is 2.24. The zero-order chi connectivity index (χ0) is 14.8. The van der Waals surface area contributed by atoms with Crippen molar-refractivity contribution in [2.24, 2.45) is 0 Å². The van der Waals surface area contributed by atoms with Crippen LogP contribution in [0.25, 0.3) is 11.0 Å². The molecule has 21 heavy (non-hydrogen) atoms. The van der Waals surface area contributed by atoms with Gasteiger partial charge in [0.1, 0.15) is 23.3 Å². The van der Waals surface area contributed by atoms with Gasteiger partial charge in [0.05, 0.1) is 24.1 Å². The summed E-state index contributed by atoms with van der Waals surface area (Å²) in [6, 6.07) is 4.54. The van der Waals surface area contributed by atoms with Crippen LogP contribution in [0.3, 0.4) is 0 Å². The molecule has 0 fully saturated rings. The van der Waals surface area contributed by atoms with E-state index in [0.717, 1.165) is 29.4 Å². The predicted octanol–water partition coefficient (Wildman–Crippen LogP) is 2.01. The Morgan fingerprint density at radius 2 is 2.00 bits per heavy atom. The number of fused-ring (bicyclic) bond motifs is 1. The third-order valence-electron chi connectivity index (χ3n) is 3.23. The Kier molecular flexibility index (Phi) is 3.66. The van der Waals surface area contributed by atoms with Crippen molar-refractivity contribution in [3.63, 3.8) is 0 Å². The molecule has 6 nitrogen and oxygen atoms in total. The molecule has 0 aliphatic carbocycles. The third kappa shape index (κ3) is 3.08. The fraction of sp³-hybridized carbons (Fsp3) is 0.357. The highest BCUT2D eigenvalue weighted by Gasteiger charge is 2.09. The molecule has 3 rings (SSSR count). The van der Waals surface area contributed by atoms with Gasteiger partial charge in [0, 0.05) is 6.42 Å². The molecule has 7 heteroatoms. The topological polar surface area (TPSA) is 73.5 Å². The molecule has 0 atom stereocenters. The summed E-state index contributed by atoms with van der Waals surface area (Å²) in [4.78, 5) is 14.0. The van der Waals surface area contributed by atoms with E-state index in [1.165, 1.54) is 12.1 Å². The Labute approximate surface area is 121 Å². The Balaban J connectivity index is 1.69. The number of halogens is 1. The quantitative estimate of drug-likeness (QED) is 0.753. The van der Waals surface area contributed by atoms with Gasteiger partial charge >= 0.3 is 0 Å². The van der Waals surface area contributed by atoms with Gasteiger partial charge in [-0.2, -0.15) is 5.10 Å². The minimum absolute atomic E-state index is 0.264. The number of imidazole rings is 1. The molecule has 1 aromatic carbocycles. The number of aromatic nitrogens is 5. The van der Waals surface area contributed by atoms with Crippen molar-refractivity contribution in [3.05, 3.63) is 41.5 Å². The summed E-state index contributed by atoms with van der Waals surface area (Å²) in [7, 11) is 1.97. The summed E-state index contributed by atoms with van der Waals surface area (Å²) in [6.07, 6.45) is 0.815. The Morgan fingerprint density at radius 1 is 1.19 bits per heavy atom. The maximum absolute atomic E-state index is 13.2. The lowest BCUT2D eigenvalue weighted by Gasteiger charge is -2.12. The minimum Gasteiger partial charge on any atom is -0.341 e. The zero-order valence-electron chi connectivity index (χ0n) is 12.0. The number of hydrogen-bond donors (Lipinski definition) is 2. The zero-order valence-corrected chi connectivity index (χ0v) is 12.0. The van der Waals surface area contributed by atoms with Gasteiger partial charge in [-0.3, -0.25) is 10.00 Å². The summed E-state index contributed by atoms with van der Waals surface area (Å²) in [5.41, 5.74) is 1.49. The van der Waals surface area contributed by atoms with Gasteiger partial charge in [-0.15, -0.1) is 0 Å². The number of aromatic amines is 2. The van der Waals surface area contributed by atoms with Crippen LogP contribution in [0.4, 0.5) is 4.39 Å². The molecule has 0 aliphatic rings. The lowest BCUT2D eigenvalue weighted by atomic mass is 10.3. The Hall–Kier alpha value is -2.28. The fourth-order valence-electron chi connectivity index (χ4n) is 2.24. The van der Waals surface area contributed by atoms with E-state index in [0.29, 0.717) is 18.6 Å². The first-order valence-electron chi connectivity index (χ1n) is 6.87. The molecule has 0 aliphatic heterocycles. The number of rotatable bonds is 5. The molecule has 2 heterocycles. The van der Waals surface area contributed by atoms with E-state index in [-0.39, 0.29) is 5.82 Å². The monoisotopic (exact) mass is 288 g/mol. The second-order valence-electron chi connectivity index (χ2n) is 5.07. The van der Waals surface area contributed by atoms with Crippen molar-refractivity contribution in [2.45, 2.75) is 26.4 Å². The van der Waals surface area contributed by atoms with Gasteiger partial charge in [-0.05, 0) is 25.2 Å². The smallest absolute Gasteiger partial charge is 0.150 e. The van der Waals surface area contributed by atoms with Crippen LogP contribution in [0.5, 0.6) is 0 Å². The highest BCUT2D eigenvalue weighted by atomic mass is 19.1. The van der Waals surface area contributed by atoms with Crippen molar-refractivity contribution in [1.82, 2.24) is 30.0 Å². The van der Waals surface area contributed by atoms with Crippen molar-refractivity contribution in [1.29, 1.82) is 0 Å². The molecule has 0 radical (unpaired) electrons. The summed E-state index contributed by atoms with van der Waals surface area (Å²) in [5, 5.41) is 7.04. The molecule has 2 N–H and O–H groups in total. The minimum atomic E-state index is -0.264. The summed E-state index contributed by atoms with van der Waals surface area (Å²) < 4.78 is 13.2. The number of hydrogen-bond acceptors (Lipinski definition) is 4. The van der Waals surface area contributed by atoms with E-state index in [2.05, 4.69) is 30.0 Å². The molecule has 0 unspecified atom stereocenters. The van der Waals surface area contributed by atoms with E-state index in [9.17, 15) is 4.39 Å². The maximum atomic E-state index is 13.2. The van der Waals surface area contributed by atoms with Crippen LogP contribution in [0.2, 0.25) is 0 Å². The number of benzene rings is 1. The molecular weight excluding hydrogens is 271 g/mol. The first kappa shape index (κ1) is 13.7. The van der Waals surface area contributed by atoms with Gasteiger partial charge in [0.15, 0.2) is 0 Å². The Bertz CT molecular complexity index is 747. The molecule has 0 amide bonds. The standard InChI is InChI=1S/C14H17FN6/c1-3-12-18-14(20-19-12)8-21(2)7-13-16-10-5-4-9(15)6-11(10)17-13/h4-6H,3,7-8H2,1-2H3,(H,16,17)(H,18,19,20). The van der Waals surface area contributed by atoms with Crippen molar-refractivity contribution >= 4 is 11.0 Å². The molecule has 2 aromatic heterocycles. The maximum Gasteiger partial charge on any atom is 0.150 e. The van der Waals surface area contributed by atoms with Gasteiger partial charge in [0.25, 0.3) is 0 Å². The third-order valence-corrected chi connectivity index (χ3v) is 3.23. The second kappa shape index (κ2) is 5.61. The molecule has 110 valence electrons. The normalized spacial score (nSPS) is 11.6. The van der Waals surface area contributed by atoms with Crippen molar-refractivity contribution in [2.75, 3.05) is 7.05 Å². The van der Waals surface area contributed by atoms with E-state index < -0.39 is 0 Å². The van der Waals surface area contributed by atoms with Crippen LogP contribution in [-0.4, -0.2) is 37.1 Å². The van der Waals surface area contributed by atoms with Crippen LogP contribution in [0.1, 0.15) is 24.4 Å². The van der Waals surface area contributed by atoms with Crippen LogP contribution < -0.4 is 0 Å². The SMILES string of the molecule is CCc1n[nH]c(CN(C)Cc2nc3ccc(F)cc3[nH]2)n1. The van der Waals surface area contributed by atoms with Crippen LogP contribution in [0.15, 0.2) is 18.2 Å². The Morgan fingerprint density at radius 3 is 2.76 bits per heavy atom. The number of nitrogens with one attached hydrogen (secondary N) is 2. The summed E-state index contributed by atoms with van der Waals surface area (Å²) in [5.74, 6) is 2.18.